The second kappa shape index (κ2) is 12.0. The average Bonchev–Trinajstić information content (AvgIpc) is 2.77. The summed E-state index contributed by atoms with van der Waals surface area (Å²) in [5.74, 6) is -1.91. The third-order valence-electron chi connectivity index (χ3n) is 5.04. The second-order valence-electron chi connectivity index (χ2n) is 7.20. The van der Waals surface area contributed by atoms with Crippen LogP contribution in [0, 0.1) is 0 Å². The number of fused-ring (bicyclic) bond motifs is 1. The Kier molecular flexibility index (Phi) is 9.66. The maximum Gasteiger partial charge on any atom is 0.326 e. The van der Waals surface area contributed by atoms with E-state index in [0.29, 0.717) is 5.75 Å². The first kappa shape index (κ1) is 25.0. The van der Waals surface area contributed by atoms with Crippen molar-refractivity contribution >= 4 is 48.1 Å². The number of rotatable bonds is 10. The van der Waals surface area contributed by atoms with Crippen LogP contribution in [0.4, 0.5) is 0 Å². The molecule has 3 amide bonds. The Labute approximate surface area is 190 Å². The van der Waals surface area contributed by atoms with Gasteiger partial charge in [0.05, 0.1) is 12.6 Å². The van der Waals surface area contributed by atoms with E-state index >= 15 is 0 Å². The van der Waals surface area contributed by atoms with Crippen molar-refractivity contribution in [2.24, 2.45) is 5.73 Å². The number of amides is 3. The molecule has 0 fully saturated rings. The summed E-state index contributed by atoms with van der Waals surface area (Å²) in [6.07, 6.45) is 2.39. The van der Waals surface area contributed by atoms with Gasteiger partial charge in [-0.1, -0.05) is 24.3 Å². The minimum Gasteiger partial charge on any atom is -0.480 e. The van der Waals surface area contributed by atoms with Crippen molar-refractivity contribution in [2.75, 3.05) is 24.3 Å². The molecule has 0 saturated carbocycles. The van der Waals surface area contributed by atoms with Crippen LogP contribution in [0.1, 0.15) is 17.5 Å². The normalized spacial score (nSPS) is 17.3. The minimum absolute atomic E-state index is 0.134. The molecule has 170 valence electrons. The second-order valence-corrected chi connectivity index (χ2v) is 8.55. The van der Waals surface area contributed by atoms with Crippen molar-refractivity contribution in [3.8, 4) is 0 Å². The van der Waals surface area contributed by atoms with Crippen LogP contribution >= 0.6 is 24.4 Å². The Bertz CT molecular complexity index is 823. The zero-order chi connectivity index (χ0) is 23.0. The van der Waals surface area contributed by atoms with Gasteiger partial charge in [-0.3, -0.25) is 14.4 Å². The third-order valence-corrected chi connectivity index (χ3v) is 6.08. The molecule has 0 aliphatic carbocycles. The molecule has 2 unspecified atom stereocenters. The highest BCUT2D eigenvalue weighted by atomic mass is 32.2. The van der Waals surface area contributed by atoms with E-state index in [9.17, 15) is 24.3 Å². The fourth-order valence-corrected chi connectivity index (χ4v) is 3.90. The van der Waals surface area contributed by atoms with E-state index < -0.39 is 41.8 Å². The van der Waals surface area contributed by atoms with Crippen LogP contribution < -0.4 is 16.4 Å². The van der Waals surface area contributed by atoms with E-state index in [2.05, 4.69) is 23.3 Å². The molecule has 5 N–H and O–H groups in total. The molecule has 1 aliphatic rings. The first-order valence-corrected chi connectivity index (χ1v) is 11.8. The molecule has 2 rings (SSSR count). The van der Waals surface area contributed by atoms with Crippen LogP contribution in [-0.4, -0.2) is 76.1 Å². The van der Waals surface area contributed by atoms with Crippen LogP contribution in [0.5, 0.6) is 0 Å². The van der Waals surface area contributed by atoms with Crippen LogP contribution in [0.3, 0.4) is 0 Å². The third kappa shape index (κ3) is 6.88. The summed E-state index contributed by atoms with van der Waals surface area (Å²) in [4.78, 5) is 50.7. The average molecular weight is 469 g/mol. The lowest BCUT2D eigenvalue weighted by Gasteiger charge is -2.36. The van der Waals surface area contributed by atoms with E-state index in [1.165, 1.54) is 16.7 Å². The molecule has 9 nitrogen and oxygen atoms in total. The van der Waals surface area contributed by atoms with Gasteiger partial charge < -0.3 is 26.4 Å². The molecule has 0 radical (unpaired) electrons. The summed E-state index contributed by atoms with van der Waals surface area (Å²) in [5.41, 5.74) is 7.43. The van der Waals surface area contributed by atoms with Crippen molar-refractivity contribution in [3.63, 3.8) is 0 Å². The van der Waals surface area contributed by atoms with Crippen molar-refractivity contribution in [1.29, 1.82) is 0 Å². The van der Waals surface area contributed by atoms with Gasteiger partial charge in [0.25, 0.3) is 0 Å². The number of benzene rings is 1. The Morgan fingerprint density at radius 2 is 1.97 bits per heavy atom. The van der Waals surface area contributed by atoms with Crippen molar-refractivity contribution in [2.45, 2.75) is 37.5 Å². The molecule has 11 heteroatoms. The number of carbonyl (C=O) groups excluding carboxylic acids is 3. The van der Waals surface area contributed by atoms with E-state index in [1.54, 1.807) is 0 Å². The highest BCUT2D eigenvalue weighted by molar-refractivity contribution is 7.98. The maximum atomic E-state index is 13.0. The fraction of sp³-hybridized carbons (Fsp3) is 0.500. The van der Waals surface area contributed by atoms with Gasteiger partial charge in [-0.25, -0.2) is 4.79 Å². The van der Waals surface area contributed by atoms with E-state index in [-0.39, 0.29) is 31.7 Å². The number of thiol groups is 1. The van der Waals surface area contributed by atoms with E-state index in [4.69, 9.17) is 5.73 Å². The molecular formula is C20H28N4O5S2. The Morgan fingerprint density at radius 3 is 2.58 bits per heavy atom. The zero-order valence-corrected chi connectivity index (χ0v) is 19.0. The van der Waals surface area contributed by atoms with Crippen LogP contribution in [0.15, 0.2) is 24.3 Å². The van der Waals surface area contributed by atoms with Gasteiger partial charge in [0.1, 0.15) is 12.1 Å². The summed E-state index contributed by atoms with van der Waals surface area (Å²) in [7, 11) is 0. The Balaban J connectivity index is 2.18. The molecule has 0 saturated heterocycles. The van der Waals surface area contributed by atoms with Gasteiger partial charge in [0, 0.05) is 18.7 Å². The first-order chi connectivity index (χ1) is 14.8. The van der Waals surface area contributed by atoms with E-state index in [1.807, 2.05) is 30.5 Å². The van der Waals surface area contributed by atoms with Gasteiger partial charge >= 0.3 is 5.97 Å². The number of nitrogens with one attached hydrogen (secondary N) is 2. The summed E-state index contributed by atoms with van der Waals surface area (Å²) < 4.78 is 0. The SMILES string of the molecule is CSCCC(NC(=O)C1Cc2ccccc2CN1C(=O)CNC(=O)[C@@H](N)CS)C(=O)O. The number of carboxylic acid groups (broad SMARTS) is 1. The van der Waals surface area contributed by atoms with Crippen molar-refractivity contribution < 1.29 is 24.3 Å². The Morgan fingerprint density at radius 1 is 1.29 bits per heavy atom. The zero-order valence-electron chi connectivity index (χ0n) is 17.2. The number of hydrogen-bond donors (Lipinski definition) is 5. The molecule has 1 aromatic carbocycles. The summed E-state index contributed by atoms with van der Waals surface area (Å²) in [5, 5.41) is 14.5. The number of nitrogens with two attached hydrogens (primary N) is 1. The summed E-state index contributed by atoms with van der Waals surface area (Å²) in [6, 6.07) is 4.69. The summed E-state index contributed by atoms with van der Waals surface area (Å²) >= 11 is 5.45. The number of aliphatic carboxylic acids is 1. The highest BCUT2D eigenvalue weighted by Gasteiger charge is 2.36. The van der Waals surface area contributed by atoms with Crippen LogP contribution in [-0.2, 0) is 32.1 Å². The molecule has 1 aromatic rings. The minimum atomic E-state index is -1.12. The van der Waals surface area contributed by atoms with Crippen LogP contribution in [0.2, 0.25) is 0 Å². The summed E-state index contributed by atoms with van der Waals surface area (Å²) in [6.45, 7) is -0.134. The lowest BCUT2D eigenvalue weighted by molar-refractivity contribution is -0.145. The molecule has 31 heavy (non-hydrogen) atoms. The van der Waals surface area contributed by atoms with Gasteiger partial charge in [0.2, 0.25) is 17.7 Å². The van der Waals surface area contributed by atoms with E-state index in [0.717, 1.165) is 11.1 Å². The lowest BCUT2D eigenvalue weighted by atomic mass is 9.93. The molecule has 3 atom stereocenters. The van der Waals surface area contributed by atoms with Crippen LogP contribution in [0.25, 0.3) is 0 Å². The number of carboxylic acids is 1. The predicted octanol–water partition coefficient (Wildman–Crippen LogP) is -0.364. The van der Waals surface area contributed by atoms with Gasteiger partial charge in [-0.05, 0) is 29.6 Å². The molecule has 1 heterocycles. The molecule has 1 aliphatic heterocycles. The lowest BCUT2D eigenvalue weighted by Crippen LogP contribution is -2.57. The predicted molar refractivity (Wildman–Crippen MR) is 122 cm³/mol. The van der Waals surface area contributed by atoms with Gasteiger partial charge in [-0.2, -0.15) is 24.4 Å². The number of carbonyl (C=O) groups is 4. The van der Waals surface area contributed by atoms with Crippen molar-refractivity contribution in [3.05, 3.63) is 35.4 Å². The quantitative estimate of drug-likeness (QED) is 0.295. The maximum absolute atomic E-state index is 13.0. The molecule has 0 aromatic heterocycles. The van der Waals surface area contributed by atoms with Crippen molar-refractivity contribution in [1.82, 2.24) is 15.5 Å². The standard InChI is InChI=1S/C20H28N4O5S2/c1-31-7-6-15(20(28)29)23-19(27)16-8-12-4-2-3-5-13(12)10-24(16)17(25)9-22-18(26)14(21)11-30/h2-5,14-16,30H,6-11,21H2,1H3,(H,22,26)(H,23,27)(H,28,29)/t14-,15?,16?/m0/s1. The number of nitrogens with zero attached hydrogens (tertiary/aromatic N) is 1. The smallest absolute Gasteiger partial charge is 0.326 e. The van der Waals surface area contributed by atoms with Gasteiger partial charge in [0.15, 0.2) is 0 Å². The molecule has 0 spiro atoms. The largest absolute Gasteiger partial charge is 0.480 e. The molecular weight excluding hydrogens is 440 g/mol. The topological polar surface area (TPSA) is 142 Å². The first-order valence-electron chi connectivity index (χ1n) is 9.81. The number of hydrogen-bond acceptors (Lipinski definition) is 7. The highest BCUT2D eigenvalue weighted by Crippen LogP contribution is 2.24. The monoisotopic (exact) mass is 468 g/mol. The fourth-order valence-electron chi connectivity index (χ4n) is 3.26. The molecule has 0 bridgehead atoms. The Hall–Kier alpha value is -2.24. The number of thioether (sulfide) groups is 1. The van der Waals surface area contributed by atoms with Gasteiger partial charge in [-0.15, -0.1) is 0 Å².